The number of aromatic nitrogens is 2. The number of aryl methyl sites for hydroxylation is 1. The van der Waals surface area contributed by atoms with Crippen LogP contribution in [0.1, 0.15) is 29.8 Å². The van der Waals surface area contributed by atoms with Gasteiger partial charge in [0.15, 0.2) is 0 Å². The quantitative estimate of drug-likeness (QED) is 0.655. The second kappa shape index (κ2) is 8.17. The predicted octanol–water partition coefficient (Wildman–Crippen LogP) is 4.23. The average Bonchev–Trinajstić information content (AvgIpc) is 3.53. The molecule has 1 aliphatic rings. The van der Waals surface area contributed by atoms with Crippen molar-refractivity contribution in [2.75, 3.05) is 11.9 Å². The van der Waals surface area contributed by atoms with Gasteiger partial charge in [-0.2, -0.15) is 5.10 Å². The van der Waals surface area contributed by atoms with Crippen LogP contribution in [0, 0.1) is 19.7 Å². The lowest BCUT2D eigenvalue weighted by molar-refractivity contribution is -0.117. The summed E-state index contributed by atoms with van der Waals surface area (Å²) in [6.07, 6.45) is 2.19. The maximum absolute atomic E-state index is 13.2. The van der Waals surface area contributed by atoms with Crippen LogP contribution in [0.25, 0.3) is 5.69 Å². The Hall–Kier alpha value is -2.99. The van der Waals surface area contributed by atoms with E-state index in [4.69, 9.17) is 0 Å². The van der Waals surface area contributed by atoms with Crippen molar-refractivity contribution in [3.8, 4) is 5.69 Å². The van der Waals surface area contributed by atoms with Crippen molar-refractivity contribution < 1.29 is 9.18 Å². The van der Waals surface area contributed by atoms with Crippen LogP contribution in [0.4, 0.5) is 10.1 Å². The maximum Gasteiger partial charge on any atom is 0.238 e. The van der Waals surface area contributed by atoms with E-state index in [1.54, 1.807) is 12.1 Å². The van der Waals surface area contributed by atoms with Gasteiger partial charge in [-0.15, -0.1) is 0 Å². The number of anilines is 1. The van der Waals surface area contributed by atoms with Crippen LogP contribution in [-0.4, -0.2) is 33.2 Å². The Labute approximate surface area is 170 Å². The zero-order valence-corrected chi connectivity index (χ0v) is 16.7. The summed E-state index contributed by atoms with van der Waals surface area (Å²) < 4.78 is 15.0. The molecule has 0 atom stereocenters. The fourth-order valence-electron chi connectivity index (χ4n) is 3.59. The molecule has 29 heavy (non-hydrogen) atoms. The number of carbonyl (C=O) groups is 1. The van der Waals surface area contributed by atoms with Crippen molar-refractivity contribution in [1.29, 1.82) is 0 Å². The number of amides is 1. The summed E-state index contributed by atoms with van der Waals surface area (Å²) in [5.41, 5.74) is 4.42. The van der Waals surface area contributed by atoms with Crippen LogP contribution in [0.5, 0.6) is 0 Å². The smallest absolute Gasteiger partial charge is 0.238 e. The minimum absolute atomic E-state index is 0.0576. The van der Waals surface area contributed by atoms with Gasteiger partial charge in [-0.05, 0) is 56.5 Å². The first-order valence-electron chi connectivity index (χ1n) is 9.91. The monoisotopic (exact) mass is 392 g/mol. The second-order valence-corrected chi connectivity index (χ2v) is 7.60. The second-order valence-electron chi connectivity index (χ2n) is 7.60. The summed E-state index contributed by atoms with van der Waals surface area (Å²) in [6.45, 7) is 4.80. The molecule has 4 rings (SSSR count). The fourth-order valence-corrected chi connectivity index (χ4v) is 3.59. The Morgan fingerprint density at radius 3 is 2.48 bits per heavy atom. The van der Waals surface area contributed by atoms with E-state index in [1.807, 2.05) is 48.9 Å². The zero-order valence-electron chi connectivity index (χ0n) is 16.7. The third kappa shape index (κ3) is 4.54. The lowest BCUT2D eigenvalue weighted by Gasteiger charge is -2.21. The molecule has 1 N–H and O–H groups in total. The minimum atomic E-state index is -0.245. The van der Waals surface area contributed by atoms with E-state index in [2.05, 4.69) is 15.3 Å². The normalized spacial score (nSPS) is 13.7. The van der Waals surface area contributed by atoms with Gasteiger partial charge in [-0.25, -0.2) is 9.07 Å². The van der Waals surface area contributed by atoms with Gasteiger partial charge < -0.3 is 5.32 Å². The Morgan fingerprint density at radius 1 is 1.14 bits per heavy atom. The van der Waals surface area contributed by atoms with Crippen molar-refractivity contribution in [1.82, 2.24) is 14.7 Å². The van der Waals surface area contributed by atoms with Gasteiger partial charge in [0.05, 0.1) is 29.3 Å². The first-order valence-corrected chi connectivity index (χ1v) is 9.91. The van der Waals surface area contributed by atoms with Crippen LogP contribution < -0.4 is 5.32 Å². The van der Waals surface area contributed by atoms with Gasteiger partial charge in [0, 0.05) is 12.6 Å². The number of nitrogens with one attached hydrogen (secondary N) is 1. The summed E-state index contributed by atoms with van der Waals surface area (Å²) in [4.78, 5) is 15.0. The fraction of sp³-hybridized carbons (Fsp3) is 0.304. The van der Waals surface area contributed by atoms with Crippen molar-refractivity contribution in [3.05, 3.63) is 77.4 Å². The van der Waals surface area contributed by atoms with Gasteiger partial charge >= 0.3 is 0 Å². The highest BCUT2D eigenvalue weighted by atomic mass is 19.1. The summed E-state index contributed by atoms with van der Waals surface area (Å²) in [7, 11) is 0. The molecule has 6 heteroatoms. The Kier molecular flexibility index (Phi) is 5.45. The Morgan fingerprint density at radius 2 is 1.83 bits per heavy atom. The number of nitrogens with zero attached hydrogens (tertiary/aromatic N) is 3. The number of hydrogen-bond acceptors (Lipinski definition) is 3. The van der Waals surface area contributed by atoms with Crippen LogP contribution in [0.15, 0.2) is 54.6 Å². The van der Waals surface area contributed by atoms with Crippen molar-refractivity contribution >= 4 is 11.6 Å². The molecule has 0 bridgehead atoms. The van der Waals surface area contributed by atoms with E-state index in [0.29, 0.717) is 19.1 Å². The number of carbonyl (C=O) groups excluding carboxylic acids is 1. The van der Waals surface area contributed by atoms with E-state index in [1.165, 1.54) is 12.1 Å². The molecular formula is C23H25FN4O. The Bertz CT molecular complexity index is 994. The summed E-state index contributed by atoms with van der Waals surface area (Å²) in [6, 6.07) is 16.8. The van der Waals surface area contributed by atoms with Gasteiger partial charge in [0.1, 0.15) is 5.82 Å². The molecule has 5 nitrogen and oxygen atoms in total. The molecule has 1 aromatic heterocycles. The van der Waals surface area contributed by atoms with Gasteiger partial charge in [-0.3, -0.25) is 9.69 Å². The summed E-state index contributed by atoms with van der Waals surface area (Å²) in [5, 5.41) is 7.64. The third-order valence-corrected chi connectivity index (χ3v) is 5.27. The van der Waals surface area contributed by atoms with Crippen LogP contribution in [-0.2, 0) is 11.3 Å². The maximum atomic E-state index is 13.2. The number of halogens is 1. The van der Waals surface area contributed by atoms with E-state index in [-0.39, 0.29) is 11.7 Å². The van der Waals surface area contributed by atoms with Gasteiger partial charge in [0.2, 0.25) is 5.91 Å². The molecule has 2 aromatic carbocycles. The molecule has 1 aliphatic carbocycles. The van der Waals surface area contributed by atoms with Crippen molar-refractivity contribution in [3.63, 3.8) is 0 Å². The van der Waals surface area contributed by atoms with Crippen molar-refractivity contribution in [2.24, 2.45) is 0 Å². The molecule has 0 spiro atoms. The first kappa shape index (κ1) is 19.3. The van der Waals surface area contributed by atoms with E-state index in [0.717, 1.165) is 41.2 Å². The topological polar surface area (TPSA) is 50.2 Å². The molecular weight excluding hydrogens is 367 g/mol. The molecule has 0 aliphatic heterocycles. The van der Waals surface area contributed by atoms with Crippen LogP contribution >= 0.6 is 0 Å². The zero-order chi connectivity index (χ0) is 20.4. The van der Waals surface area contributed by atoms with Gasteiger partial charge in [-0.1, -0.05) is 30.3 Å². The molecule has 1 saturated carbocycles. The molecule has 150 valence electrons. The lowest BCUT2D eigenvalue weighted by Crippen LogP contribution is -2.34. The SMILES string of the molecule is Cc1nn(-c2ccccc2)c(C)c1NC(=O)CN(Cc1ccc(F)cc1)C1CC1. The number of para-hydroxylation sites is 1. The molecule has 3 aromatic rings. The number of hydrogen-bond donors (Lipinski definition) is 1. The molecule has 0 unspecified atom stereocenters. The molecule has 1 amide bonds. The summed E-state index contributed by atoms with van der Waals surface area (Å²) in [5.74, 6) is -0.302. The Balaban J connectivity index is 1.46. The van der Waals surface area contributed by atoms with Crippen LogP contribution in [0.2, 0.25) is 0 Å². The van der Waals surface area contributed by atoms with Crippen molar-refractivity contribution in [2.45, 2.75) is 39.3 Å². The standard InChI is InChI=1S/C23H25FN4O/c1-16-23(17(2)28(26-16)21-6-4-3-5-7-21)25-22(29)15-27(20-12-13-20)14-18-8-10-19(24)11-9-18/h3-11,20H,12-15H2,1-2H3,(H,25,29). The van der Waals surface area contributed by atoms with E-state index >= 15 is 0 Å². The number of benzene rings is 2. The largest absolute Gasteiger partial charge is 0.322 e. The average molecular weight is 392 g/mol. The lowest BCUT2D eigenvalue weighted by atomic mass is 10.2. The third-order valence-electron chi connectivity index (χ3n) is 5.27. The highest BCUT2D eigenvalue weighted by Gasteiger charge is 2.30. The summed E-state index contributed by atoms with van der Waals surface area (Å²) >= 11 is 0. The minimum Gasteiger partial charge on any atom is -0.322 e. The number of rotatable bonds is 7. The highest BCUT2D eigenvalue weighted by molar-refractivity contribution is 5.93. The highest BCUT2D eigenvalue weighted by Crippen LogP contribution is 2.29. The molecule has 1 heterocycles. The molecule has 0 radical (unpaired) electrons. The molecule has 0 saturated heterocycles. The van der Waals surface area contributed by atoms with E-state index in [9.17, 15) is 9.18 Å². The molecule has 1 fully saturated rings. The van der Waals surface area contributed by atoms with Gasteiger partial charge in [0.25, 0.3) is 0 Å². The van der Waals surface area contributed by atoms with E-state index < -0.39 is 0 Å². The first-order chi connectivity index (χ1) is 14.0. The van der Waals surface area contributed by atoms with Crippen LogP contribution in [0.3, 0.4) is 0 Å². The predicted molar refractivity (Wildman–Crippen MR) is 111 cm³/mol.